The second kappa shape index (κ2) is 6.44. The summed E-state index contributed by atoms with van der Waals surface area (Å²) in [6.07, 6.45) is 3.63. The van der Waals surface area contributed by atoms with Gasteiger partial charge in [-0.1, -0.05) is 19.4 Å². The van der Waals surface area contributed by atoms with Crippen LogP contribution < -0.4 is 5.73 Å². The van der Waals surface area contributed by atoms with Gasteiger partial charge in [-0.15, -0.1) is 0 Å². The summed E-state index contributed by atoms with van der Waals surface area (Å²) in [4.78, 5) is 2.30. The molecular formula is C15H22F2N2. The zero-order valence-electron chi connectivity index (χ0n) is 11.4. The molecule has 1 saturated heterocycles. The molecule has 2 rings (SSSR count). The fraction of sp³-hybridized carbons (Fsp3) is 0.600. The SMILES string of the molecule is CCC1CCCN(CC(N)c2ccc(F)cc2F)C1. The lowest BCUT2D eigenvalue weighted by atomic mass is 9.95. The van der Waals surface area contributed by atoms with Crippen molar-refractivity contribution >= 4 is 0 Å². The van der Waals surface area contributed by atoms with Gasteiger partial charge in [0.2, 0.25) is 0 Å². The maximum atomic E-state index is 13.7. The normalized spacial score (nSPS) is 22.4. The molecule has 1 aliphatic heterocycles. The van der Waals surface area contributed by atoms with Crippen molar-refractivity contribution in [1.29, 1.82) is 0 Å². The average molecular weight is 268 g/mol. The number of hydrogen-bond donors (Lipinski definition) is 1. The van der Waals surface area contributed by atoms with Crippen LogP contribution in [0.4, 0.5) is 8.78 Å². The van der Waals surface area contributed by atoms with E-state index in [1.54, 1.807) is 0 Å². The van der Waals surface area contributed by atoms with Gasteiger partial charge < -0.3 is 10.6 Å². The third-order valence-corrected chi connectivity index (χ3v) is 4.00. The number of likely N-dealkylation sites (tertiary alicyclic amines) is 1. The molecule has 0 radical (unpaired) electrons. The molecular weight excluding hydrogens is 246 g/mol. The monoisotopic (exact) mass is 268 g/mol. The molecule has 0 aromatic heterocycles. The molecule has 0 bridgehead atoms. The molecule has 1 aromatic carbocycles. The van der Waals surface area contributed by atoms with Crippen molar-refractivity contribution in [3.05, 3.63) is 35.4 Å². The molecule has 1 aromatic rings. The van der Waals surface area contributed by atoms with Crippen molar-refractivity contribution in [2.75, 3.05) is 19.6 Å². The topological polar surface area (TPSA) is 29.3 Å². The quantitative estimate of drug-likeness (QED) is 0.909. The minimum atomic E-state index is -0.558. The Morgan fingerprint density at radius 2 is 2.21 bits per heavy atom. The molecule has 106 valence electrons. The Balaban J connectivity index is 1.98. The van der Waals surface area contributed by atoms with Crippen LogP contribution in [-0.2, 0) is 0 Å². The maximum Gasteiger partial charge on any atom is 0.130 e. The van der Waals surface area contributed by atoms with Crippen LogP contribution in [-0.4, -0.2) is 24.5 Å². The van der Waals surface area contributed by atoms with E-state index in [1.165, 1.54) is 31.4 Å². The van der Waals surface area contributed by atoms with Crippen LogP contribution >= 0.6 is 0 Å². The van der Waals surface area contributed by atoms with E-state index in [1.807, 2.05) is 0 Å². The highest BCUT2D eigenvalue weighted by Crippen LogP contribution is 2.22. The van der Waals surface area contributed by atoms with E-state index in [0.717, 1.165) is 25.1 Å². The van der Waals surface area contributed by atoms with Crippen LogP contribution in [0.15, 0.2) is 18.2 Å². The fourth-order valence-corrected chi connectivity index (χ4v) is 2.83. The summed E-state index contributed by atoms with van der Waals surface area (Å²) < 4.78 is 26.5. The van der Waals surface area contributed by atoms with Gasteiger partial charge in [0, 0.05) is 30.8 Å². The summed E-state index contributed by atoms with van der Waals surface area (Å²) in [7, 11) is 0. The van der Waals surface area contributed by atoms with Gasteiger partial charge in [-0.3, -0.25) is 0 Å². The smallest absolute Gasteiger partial charge is 0.130 e. The summed E-state index contributed by atoms with van der Waals surface area (Å²) in [5.41, 5.74) is 6.46. The molecule has 0 spiro atoms. The van der Waals surface area contributed by atoms with Crippen molar-refractivity contribution in [2.45, 2.75) is 32.2 Å². The number of rotatable bonds is 4. The molecule has 2 atom stereocenters. The Morgan fingerprint density at radius 3 is 2.89 bits per heavy atom. The number of nitrogens with zero attached hydrogens (tertiary/aromatic N) is 1. The first-order valence-electron chi connectivity index (χ1n) is 7.03. The first kappa shape index (κ1) is 14.4. The number of piperidine rings is 1. The Labute approximate surface area is 113 Å². The molecule has 4 heteroatoms. The molecule has 2 nitrogen and oxygen atoms in total. The van der Waals surface area contributed by atoms with E-state index in [4.69, 9.17) is 5.73 Å². The van der Waals surface area contributed by atoms with Crippen LogP contribution in [0.5, 0.6) is 0 Å². The minimum absolute atomic E-state index is 0.392. The summed E-state index contributed by atoms with van der Waals surface area (Å²) in [6.45, 7) is 4.90. The lowest BCUT2D eigenvalue weighted by Crippen LogP contribution is -2.39. The second-order valence-electron chi connectivity index (χ2n) is 5.45. The number of halogens is 2. The van der Waals surface area contributed by atoms with Crippen molar-refractivity contribution in [2.24, 2.45) is 11.7 Å². The van der Waals surface area contributed by atoms with Crippen molar-refractivity contribution < 1.29 is 8.78 Å². The highest BCUT2D eigenvalue weighted by molar-refractivity contribution is 5.22. The number of hydrogen-bond acceptors (Lipinski definition) is 2. The zero-order chi connectivity index (χ0) is 13.8. The largest absolute Gasteiger partial charge is 0.323 e. The van der Waals surface area contributed by atoms with Gasteiger partial charge in [0.25, 0.3) is 0 Å². The Bertz CT molecular complexity index is 423. The van der Waals surface area contributed by atoms with Crippen LogP contribution in [0.1, 0.15) is 37.8 Å². The fourth-order valence-electron chi connectivity index (χ4n) is 2.83. The molecule has 2 N–H and O–H groups in total. The summed E-state index contributed by atoms with van der Waals surface area (Å²) in [6, 6.07) is 3.23. The predicted molar refractivity (Wildman–Crippen MR) is 72.7 cm³/mol. The second-order valence-corrected chi connectivity index (χ2v) is 5.45. The maximum absolute atomic E-state index is 13.7. The van der Waals surface area contributed by atoms with Crippen LogP contribution in [0, 0.1) is 17.6 Å². The molecule has 19 heavy (non-hydrogen) atoms. The van der Waals surface area contributed by atoms with E-state index in [2.05, 4.69) is 11.8 Å². The Kier molecular flexibility index (Phi) is 4.88. The van der Waals surface area contributed by atoms with Gasteiger partial charge in [-0.2, -0.15) is 0 Å². The number of benzene rings is 1. The molecule has 0 saturated carbocycles. The molecule has 1 aliphatic rings. The molecule has 1 heterocycles. The first-order chi connectivity index (χ1) is 9.10. The molecule has 2 unspecified atom stereocenters. The van der Waals surface area contributed by atoms with Gasteiger partial charge in [-0.05, 0) is 31.4 Å². The zero-order valence-corrected chi connectivity index (χ0v) is 11.4. The lowest BCUT2D eigenvalue weighted by Gasteiger charge is -2.34. The summed E-state index contributed by atoms with van der Waals surface area (Å²) >= 11 is 0. The Hall–Kier alpha value is -1.00. The van der Waals surface area contributed by atoms with Gasteiger partial charge >= 0.3 is 0 Å². The third-order valence-electron chi connectivity index (χ3n) is 4.00. The van der Waals surface area contributed by atoms with Gasteiger partial charge in [0.1, 0.15) is 11.6 Å². The lowest BCUT2D eigenvalue weighted by molar-refractivity contribution is 0.163. The average Bonchev–Trinajstić information content (AvgIpc) is 2.38. The highest BCUT2D eigenvalue weighted by atomic mass is 19.1. The summed E-state index contributed by atoms with van der Waals surface area (Å²) in [5, 5.41) is 0. The highest BCUT2D eigenvalue weighted by Gasteiger charge is 2.21. The minimum Gasteiger partial charge on any atom is -0.323 e. The third kappa shape index (κ3) is 3.74. The van der Waals surface area contributed by atoms with Crippen molar-refractivity contribution in [3.63, 3.8) is 0 Å². The molecule has 1 fully saturated rings. The van der Waals surface area contributed by atoms with Crippen LogP contribution in [0.3, 0.4) is 0 Å². The van der Waals surface area contributed by atoms with Crippen molar-refractivity contribution in [1.82, 2.24) is 4.90 Å². The molecule has 0 aliphatic carbocycles. The van der Waals surface area contributed by atoms with E-state index >= 15 is 0 Å². The van der Waals surface area contributed by atoms with E-state index in [-0.39, 0.29) is 0 Å². The number of nitrogens with two attached hydrogens (primary N) is 1. The van der Waals surface area contributed by atoms with E-state index in [9.17, 15) is 8.78 Å². The van der Waals surface area contributed by atoms with Gasteiger partial charge in [-0.25, -0.2) is 8.78 Å². The summed E-state index contributed by atoms with van der Waals surface area (Å²) in [5.74, 6) is -0.381. The Morgan fingerprint density at radius 1 is 1.42 bits per heavy atom. The predicted octanol–water partition coefficient (Wildman–Crippen LogP) is 3.09. The van der Waals surface area contributed by atoms with Gasteiger partial charge in [0.15, 0.2) is 0 Å². The van der Waals surface area contributed by atoms with Crippen LogP contribution in [0.25, 0.3) is 0 Å². The van der Waals surface area contributed by atoms with Crippen LogP contribution in [0.2, 0.25) is 0 Å². The molecule has 0 amide bonds. The van der Waals surface area contributed by atoms with E-state index < -0.39 is 17.7 Å². The van der Waals surface area contributed by atoms with E-state index in [0.29, 0.717) is 12.1 Å². The van der Waals surface area contributed by atoms with Gasteiger partial charge in [0.05, 0.1) is 0 Å². The van der Waals surface area contributed by atoms with Crippen molar-refractivity contribution in [3.8, 4) is 0 Å². The standard InChI is InChI=1S/C15H22F2N2/c1-2-11-4-3-7-19(9-11)10-15(18)13-6-5-12(16)8-14(13)17/h5-6,8,11,15H,2-4,7,9-10,18H2,1H3. The first-order valence-corrected chi connectivity index (χ1v) is 7.03.